The minimum Gasteiger partial charge on any atom is -0.468 e. The molecule has 13 nitrogen and oxygen atoms in total. The van der Waals surface area contributed by atoms with E-state index in [0.29, 0.717) is 22.3 Å². The zero-order valence-electron chi connectivity index (χ0n) is 20.6. The van der Waals surface area contributed by atoms with Gasteiger partial charge in [0.25, 0.3) is 0 Å². The van der Waals surface area contributed by atoms with Gasteiger partial charge in [-0.05, 0) is 18.4 Å². The van der Waals surface area contributed by atoms with Gasteiger partial charge in [0.2, 0.25) is 0 Å². The lowest BCUT2D eigenvalue weighted by molar-refractivity contribution is -0.142. The monoisotopic (exact) mass is 542 g/mol. The first kappa shape index (κ1) is 26.0. The van der Waals surface area contributed by atoms with Gasteiger partial charge < -0.3 is 24.8 Å². The maximum Gasteiger partial charge on any atom is 0.459 e. The van der Waals surface area contributed by atoms with Crippen LogP contribution in [0.3, 0.4) is 0 Å². The fourth-order valence-corrected chi connectivity index (χ4v) is 5.77. The number of imidazole rings is 1. The van der Waals surface area contributed by atoms with Gasteiger partial charge in [-0.1, -0.05) is 36.4 Å². The highest BCUT2D eigenvalue weighted by atomic mass is 31.2. The van der Waals surface area contributed by atoms with Gasteiger partial charge in [0.05, 0.1) is 26.1 Å². The van der Waals surface area contributed by atoms with Crippen LogP contribution in [0, 0.1) is 0 Å². The summed E-state index contributed by atoms with van der Waals surface area (Å²) in [4.78, 5) is 24.4. The molecule has 1 aliphatic heterocycles. The van der Waals surface area contributed by atoms with E-state index in [0.717, 1.165) is 5.39 Å². The fourth-order valence-electron chi connectivity index (χ4n) is 4.25. The maximum absolute atomic E-state index is 13.9. The molecule has 4 aromatic rings. The number of aliphatic hydroxyl groups is 1. The molecule has 0 spiro atoms. The molecule has 0 bridgehead atoms. The first-order chi connectivity index (χ1) is 18.3. The van der Waals surface area contributed by atoms with Crippen molar-refractivity contribution in [2.45, 2.75) is 37.8 Å². The molecule has 0 saturated carbocycles. The number of ether oxygens (including phenoxy) is 2. The molecule has 200 valence electrons. The van der Waals surface area contributed by atoms with Crippen molar-refractivity contribution in [1.82, 2.24) is 24.6 Å². The Morgan fingerprint density at radius 1 is 1.26 bits per heavy atom. The van der Waals surface area contributed by atoms with Crippen molar-refractivity contribution in [3.8, 4) is 5.75 Å². The zero-order chi connectivity index (χ0) is 26.9. The third-order valence-corrected chi connectivity index (χ3v) is 7.81. The number of aromatic nitrogens is 4. The van der Waals surface area contributed by atoms with Crippen molar-refractivity contribution < 1.29 is 33.0 Å². The number of hydrogen-bond donors (Lipinski definition) is 3. The molecule has 4 N–H and O–H groups in total. The Morgan fingerprint density at radius 2 is 2.05 bits per heavy atom. The van der Waals surface area contributed by atoms with Crippen LogP contribution >= 0.6 is 7.75 Å². The van der Waals surface area contributed by atoms with Crippen LogP contribution < -0.4 is 15.3 Å². The Morgan fingerprint density at radius 3 is 2.87 bits per heavy atom. The number of anilines is 1. The summed E-state index contributed by atoms with van der Waals surface area (Å²) in [6, 6.07) is 11.7. The van der Waals surface area contributed by atoms with E-state index in [-0.39, 0.29) is 18.8 Å². The quantitative estimate of drug-likeness (QED) is 0.209. The van der Waals surface area contributed by atoms with Crippen molar-refractivity contribution >= 4 is 41.5 Å². The normalized spacial score (nSPS) is 21.8. The van der Waals surface area contributed by atoms with E-state index >= 15 is 0 Å². The predicted molar refractivity (Wildman–Crippen MR) is 137 cm³/mol. The number of esters is 1. The average Bonchev–Trinajstić information content (AvgIpc) is 3.51. The molecule has 2 aromatic carbocycles. The number of nitrogen functional groups attached to an aromatic ring is 1. The summed E-state index contributed by atoms with van der Waals surface area (Å²) in [5, 5.41) is 14.9. The number of benzene rings is 2. The second kappa shape index (κ2) is 10.6. The van der Waals surface area contributed by atoms with E-state index in [1.807, 2.05) is 30.3 Å². The Kier molecular flexibility index (Phi) is 7.28. The Bertz CT molecular complexity index is 1510. The lowest BCUT2D eigenvalue weighted by atomic mass is 10.1. The summed E-state index contributed by atoms with van der Waals surface area (Å²) >= 11 is 0. The summed E-state index contributed by atoms with van der Waals surface area (Å²) < 4.78 is 37.9. The molecule has 0 amide bonds. The molecular weight excluding hydrogens is 515 g/mol. The van der Waals surface area contributed by atoms with Crippen LogP contribution in [0.1, 0.15) is 19.6 Å². The third kappa shape index (κ3) is 5.19. The van der Waals surface area contributed by atoms with Gasteiger partial charge in [0.1, 0.15) is 36.0 Å². The van der Waals surface area contributed by atoms with Crippen LogP contribution in [0.5, 0.6) is 5.75 Å². The SMILES string of the molecule is COC(=O)[C@H](C)NP(=O)(OCC1O[C@@H](n2cnc3c(N)ncnc32)C[C@H]1O)Oc1cccc2ccccc12. The second-order valence-corrected chi connectivity index (χ2v) is 10.4. The summed E-state index contributed by atoms with van der Waals surface area (Å²) in [5.41, 5.74) is 6.73. The summed E-state index contributed by atoms with van der Waals surface area (Å²) in [7, 11) is -2.95. The van der Waals surface area contributed by atoms with Crippen molar-refractivity contribution in [2.75, 3.05) is 19.5 Å². The second-order valence-electron chi connectivity index (χ2n) is 8.75. The Labute approximate surface area is 217 Å². The number of methoxy groups -OCH3 is 1. The highest BCUT2D eigenvalue weighted by Gasteiger charge is 2.40. The number of rotatable bonds is 9. The largest absolute Gasteiger partial charge is 0.468 e. The number of carbonyl (C=O) groups excluding carboxylic acids is 1. The molecule has 1 aliphatic rings. The standard InChI is InChI=1S/C24H27N6O7P/c1-14(24(32)34-2)29-38(33,37-18-9-5-7-15-6-3-4-8-16(15)18)35-11-19-17(31)10-20(36-19)30-13-28-21-22(25)26-12-27-23(21)30/h3-9,12-14,17,19-20,31H,10-11H2,1-2H3,(H,29,33)(H2,25,26,27)/t14-,17+,19?,20+,38?/m0/s1. The lowest BCUT2D eigenvalue weighted by Crippen LogP contribution is -2.36. The fraction of sp³-hybridized carbons (Fsp3) is 0.333. The van der Waals surface area contributed by atoms with E-state index in [1.54, 1.807) is 16.7 Å². The molecule has 2 unspecified atom stereocenters. The van der Waals surface area contributed by atoms with Gasteiger partial charge in [-0.25, -0.2) is 19.5 Å². The number of carbonyl (C=O) groups is 1. The molecule has 1 fully saturated rings. The number of nitrogens with two attached hydrogens (primary N) is 1. The Balaban J connectivity index is 1.35. The van der Waals surface area contributed by atoms with Gasteiger partial charge in [0.15, 0.2) is 11.5 Å². The van der Waals surface area contributed by atoms with Gasteiger partial charge in [-0.3, -0.25) is 13.9 Å². The van der Waals surface area contributed by atoms with Gasteiger partial charge in [0, 0.05) is 11.8 Å². The highest BCUT2D eigenvalue weighted by Crippen LogP contribution is 2.47. The third-order valence-electron chi connectivity index (χ3n) is 6.18. The average molecular weight is 542 g/mol. The molecule has 14 heteroatoms. The highest BCUT2D eigenvalue weighted by molar-refractivity contribution is 7.52. The van der Waals surface area contributed by atoms with E-state index < -0.39 is 38.2 Å². The van der Waals surface area contributed by atoms with Crippen LogP contribution in [-0.4, -0.2) is 62.6 Å². The van der Waals surface area contributed by atoms with Crippen molar-refractivity contribution in [2.24, 2.45) is 0 Å². The number of nitrogens with one attached hydrogen (secondary N) is 1. The molecule has 38 heavy (non-hydrogen) atoms. The summed E-state index contributed by atoms with van der Waals surface area (Å²) in [5.74, 6) is -0.130. The van der Waals surface area contributed by atoms with Crippen LogP contribution in [0.4, 0.5) is 5.82 Å². The van der Waals surface area contributed by atoms with E-state index in [4.69, 9.17) is 24.3 Å². The minimum atomic E-state index is -4.17. The Hall–Kier alpha value is -3.61. The number of hydrogen-bond acceptors (Lipinski definition) is 11. The van der Waals surface area contributed by atoms with Crippen LogP contribution in [0.15, 0.2) is 55.1 Å². The zero-order valence-corrected chi connectivity index (χ0v) is 21.5. The molecule has 5 atom stereocenters. The molecule has 0 radical (unpaired) electrons. The molecule has 5 rings (SSSR count). The molecule has 2 aromatic heterocycles. The molecule has 0 aliphatic carbocycles. The van der Waals surface area contributed by atoms with E-state index in [1.165, 1.54) is 26.7 Å². The van der Waals surface area contributed by atoms with Gasteiger partial charge in [-0.2, -0.15) is 5.09 Å². The first-order valence-corrected chi connectivity index (χ1v) is 13.4. The summed E-state index contributed by atoms with van der Waals surface area (Å²) in [6.07, 6.45) is 0.570. The molecular formula is C24H27N6O7P. The van der Waals surface area contributed by atoms with Crippen LogP contribution in [0.25, 0.3) is 21.9 Å². The van der Waals surface area contributed by atoms with E-state index in [2.05, 4.69) is 20.0 Å². The van der Waals surface area contributed by atoms with Gasteiger partial charge in [-0.15, -0.1) is 0 Å². The number of fused-ring (bicyclic) bond motifs is 2. The molecule has 3 heterocycles. The van der Waals surface area contributed by atoms with Crippen molar-refractivity contribution in [1.29, 1.82) is 0 Å². The topological polar surface area (TPSA) is 173 Å². The van der Waals surface area contributed by atoms with Crippen LogP contribution in [0.2, 0.25) is 0 Å². The minimum absolute atomic E-state index is 0.198. The predicted octanol–water partition coefficient (Wildman–Crippen LogP) is 2.56. The first-order valence-electron chi connectivity index (χ1n) is 11.8. The lowest BCUT2D eigenvalue weighted by Gasteiger charge is -2.25. The van der Waals surface area contributed by atoms with Crippen molar-refractivity contribution in [3.63, 3.8) is 0 Å². The maximum atomic E-state index is 13.9. The number of nitrogens with zero attached hydrogens (tertiary/aromatic N) is 4. The van der Waals surface area contributed by atoms with Gasteiger partial charge >= 0.3 is 13.7 Å². The van der Waals surface area contributed by atoms with Crippen LogP contribution in [-0.2, 0) is 23.4 Å². The van der Waals surface area contributed by atoms with Crippen molar-refractivity contribution in [3.05, 3.63) is 55.1 Å². The van der Waals surface area contributed by atoms with E-state index in [9.17, 15) is 14.5 Å². The smallest absolute Gasteiger partial charge is 0.459 e. The number of aliphatic hydroxyl groups excluding tert-OH is 1. The summed E-state index contributed by atoms with van der Waals surface area (Å²) in [6.45, 7) is 1.17. The molecule has 1 saturated heterocycles.